The highest BCUT2D eigenvalue weighted by atomic mass is 16.5. The SMILES string of the molecule is CCNc1nc(NCC2(C)CC2)nc(N2CCOCC2)n1. The average molecular weight is 292 g/mol. The Kier molecular flexibility index (Phi) is 4.10. The summed E-state index contributed by atoms with van der Waals surface area (Å²) < 4.78 is 5.39. The van der Waals surface area contributed by atoms with Gasteiger partial charge in [-0.05, 0) is 25.2 Å². The van der Waals surface area contributed by atoms with Gasteiger partial charge in [0.1, 0.15) is 0 Å². The van der Waals surface area contributed by atoms with Gasteiger partial charge >= 0.3 is 0 Å². The summed E-state index contributed by atoms with van der Waals surface area (Å²) in [6.07, 6.45) is 2.56. The smallest absolute Gasteiger partial charge is 0.232 e. The van der Waals surface area contributed by atoms with Crippen LogP contribution in [0.25, 0.3) is 0 Å². The maximum absolute atomic E-state index is 5.39. The first-order valence-electron chi connectivity index (χ1n) is 7.75. The van der Waals surface area contributed by atoms with Crippen LogP contribution in [0.1, 0.15) is 26.7 Å². The summed E-state index contributed by atoms with van der Waals surface area (Å²) >= 11 is 0. The number of aromatic nitrogens is 3. The van der Waals surface area contributed by atoms with Gasteiger partial charge in [0.15, 0.2) is 0 Å². The normalized spacial score (nSPS) is 20.2. The summed E-state index contributed by atoms with van der Waals surface area (Å²) in [6, 6.07) is 0. The highest BCUT2D eigenvalue weighted by Gasteiger charge is 2.37. The molecule has 0 bridgehead atoms. The topological polar surface area (TPSA) is 75.2 Å². The molecule has 1 aromatic heterocycles. The molecule has 0 radical (unpaired) electrons. The monoisotopic (exact) mass is 292 g/mol. The molecule has 7 nitrogen and oxygen atoms in total. The molecule has 1 saturated heterocycles. The van der Waals surface area contributed by atoms with Crippen molar-refractivity contribution in [1.82, 2.24) is 15.0 Å². The fourth-order valence-electron chi connectivity index (χ4n) is 2.27. The van der Waals surface area contributed by atoms with Crippen LogP contribution in [0.2, 0.25) is 0 Å². The number of nitrogens with one attached hydrogen (secondary N) is 2. The van der Waals surface area contributed by atoms with E-state index in [0.717, 1.165) is 45.3 Å². The van der Waals surface area contributed by atoms with Gasteiger partial charge in [-0.3, -0.25) is 0 Å². The molecule has 7 heteroatoms. The van der Waals surface area contributed by atoms with Gasteiger partial charge in [-0.1, -0.05) is 6.92 Å². The van der Waals surface area contributed by atoms with Crippen LogP contribution in [0.5, 0.6) is 0 Å². The standard InChI is InChI=1S/C14H24N6O/c1-3-15-11-17-12(16-10-14(2)4-5-14)19-13(18-11)20-6-8-21-9-7-20/h3-10H2,1-2H3,(H2,15,16,17,18,19). The molecular formula is C14H24N6O. The molecule has 21 heavy (non-hydrogen) atoms. The lowest BCUT2D eigenvalue weighted by Crippen LogP contribution is -2.37. The van der Waals surface area contributed by atoms with Crippen molar-refractivity contribution >= 4 is 17.8 Å². The molecule has 2 fully saturated rings. The Balaban J connectivity index is 1.75. The van der Waals surface area contributed by atoms with E-state index in [1.54, 1.807) is 0 Å². The van der Waals surface area contributed by atoms with Crippen molar-refractivity contribution in [2.24, 2.45) is 5.41 Å². The molecule has 0 unspecified atom stereocenters. The maximum Gasteiger partial charge on any atom is 0.232 e. The third-order valence-corrected chi connectivity index (χ3v) is 4.03. The Morgan fingerprint density at radius 1 is 1.10 bits per heavy atom. The van der Waals surface area contributed by atoms with Gasteiger partial charge in [0, 0.05) is 26.2 Å². The molecule has 0 aromatic carbocycles. The van der Waals surface area contributed by atoms with Crippen LogP contribution in [0.15, 0.2) is 0 Å². The van der Waals surface area contributed by atoms with E-state index in [2.05, 4.69) is 37.4 Å². The van der Waals surface area contributed by atoms with Crippen LogP contribution >= 0.6 is 0 Å². The Labute approximate surface area is 125 Å². The van der Waals surface area contributed by atoms with Gasteiger partial charge in [-0.25, -0.2) is 0 Å². The quantitative estimate of drug-likeness (QED) is 0.819. The van der Waals surface area contributed by atoms with Gasteiger partial charge in [0.25, 0.3) is 0 Å². The number of anilines is 3. The van der Waals surface area contributed by atoms with Gasteiger partial charge < -0.3 is 20.3 Å². The number of rotatable bonds is 6. The van der Waals surface area contributed by atoms with Crippen LogP contribution < -0.4 is 15.5 Å². The van der Waals surface area contributed by atoms with E-state index in [9.17, 15) is 0 Å². The number of hydrogen-bond acceptors (Lipinski definition) is 7. The van der Waals surface area contributed by atoms with E-state index in [1.165, 1.54) is 12.8 Å². The van der Waals surface area contributed by atoms with Crippen LogP contribution in [0, 0.1) is 5.41 Å². The Morgan fingerprint density at radius 2 is 1.76 bits per heavy atom. The van der Waals surface area contributed by atoms with Crippen LogP contribution in [-0.2, 0) is 4.74 Å². The molecule has 116 valence electrons. The molecular weight excluding hydrogens is 268 g/mol. The molecule has 1 aliphatic heterocycles. The molecule has 1 aliphatic carbocycles. The van der Waals surface area contributed by atoms with E-state index in [-0.39, 0.29) is 0 Å². The lowest BCUT2D eigenvalue weighted by Gasteiger charge is -2.27. The van der Waals surface area contributed by atoms with Crippen molar-refractivity contribution in [3.8, 4) is 0 Å². The lowest BCUT2D eigenvalue weighted by atomic mass is 10.1. The predicted octanol–water partition coefficient (Wildman–Crippen LogP) is 1.35. The first kappa shape index (κ1) is 14.3. The Hall–Kier alpha value is -1.63. The van der Waals surface area contributed by atoms with Crippen LogP contribution in [-0.4, -0.2) is 54.3 Å². The summed E-state index contributed by atoms with van der Waals surface area (Å²) in [5.74, 6) is 2.03. The second-order valence-electron chi connectivity index (χ2n) is 6.08. The minimum Gasteiger partial charge on any atom is -0.378 e. The zero-order valence-corrected chi connectivity index (χ0v) is 12.9. The molecule has 1 saturated carbocycles. The lowest BCUT2D eigenvalue weighted by molar-refractivity contribution is 0.122. The second kappa shape index (κ2) is 6.01. The fourth-order valence-corrected chi connectivity index (χ4v) is 2.27. The number of morpholine rings is 1. The summed E-state index contributed by atoms with van der Waals surface area (Å²) in [5.41, 5.74) is 0.421. The second-order valence-corrected chi connectivity index (χ2v) is 6.08. The van der Waals surface area contributed by atoms with Crippen molar-refractivity contribution in [3.63, 3.8) is 0 Å². The third-order valence-electron chi connectivity index (χ3n) is 4.03. The number of hydrogen-bond donors (Lipinski definition) is 2. The first-order valence-corrected chi connectivity index (χ1v) is 7.75. The van der Waals surface area contributed by atoms with Crippen molar-refractivity contribution in [2.75, 3.05) is 54.9 Å². The largest absolute Gasteiger partial charge is 0.378 e. The van der Waals surface area contributed by atoms with Gasteiger partial charge in [-0.15, -0.1) is 0 Å². The maximum atomic E-state index is 5.39. The van der Waals surface area contributed by atoms with Crippen molar-refractivity contribution < 1.29 is 4.74 Å². The van der Waals surface area contributed by atoms with Gasteiger partial charge in [0.05, 0.1) is 13.2 Å². The van der Waals surface area contributed by atoms with Crippen LogP contribution in [0.4, 0.5) is 17.8 Å². The highest BCUT2D eigenvalue weighted by Crippen LogP contribution is 2.44. The molecule has 1 aromatic rings. The molecule has 0 amide bonds. The summed E-state index contributed by atoms with van der Waals surface area (Å²) in [5, 5.41) is 6.55. The average Bonchev–Trinajstić information content (AvgIpc) is 3.25. The molecule has 3 rings (SSSR count). The predicted molar refractivity (Wildman–Crippen MR) is 82.9 cm³/mol. The summed E-state index contributed by atoms with van der Waals surface area (Å²) in [4.78, 5) is 15.7. The minimum atomic E-state index is 0.421. The van der Waals surface area contributed by atoms with E-state index in [1.807, 2.05) is 6.92 Å². The summed E-state index contributed by atoms with van der Waals surface area (Å²) in [6.45, 7) is 9.15. The van der Waals surface area contributed by atoms with Crippen molar-refractivity contribution in [3.05, 3.63) is 0 Å². The first-order chi connectivity index (χ1) is 10.2. The van der Waals surface area contributed by atoms with E-state index < -0.39 is 0 Å². The molecule has 2 N–H and O–H groups in total. The van der Waals surface area contributed by atoms with Crippen LogP contribution in [0.3, 0.4) is 0 Å². The van der Waals surface area contributed by atoms with E-state index in [0.29, 0.717) is 17.3 Å². The Bertz CT molecular complexity index is 484. The minimum absolute atomic E-state index is 0.421. The van der Waals surface area contributed by atoms with E-state index >= 15 is 0 Å². The number of ether oxygens (including phenoxy) is 1. The van der Waals surface area contributed by atoms with Gasteiger partial charge in [0.2, 0.25) is 17.8 Å². The fraction of sp³-hybridized carbons (Fsp3) is 0.786. The summed E-state index contributed by atoms with van der Waals surface area (Å²) in [7, 11) is 0. The zero-order chi connectivity index (χ0) is 14.7. The third kappa shape index (κ3) is 3.72. The van der Waals surface area contributed by atoms with Crippen molar-refractivity contribution in [1.29, 1.82) is 0 Å². The molecule has 2 aliphatic rings. The van der Waals surface area contributed by atoms with Gasteiger partial charge in [-0.2, -0.15) is 15.0 Å². The zero-order valence-electron chi connectivity index (χ0n) is 12.9. The molecule has 0 spiro atoms. The van der Waals surface area contributed by atoms with E-state index in [4.69, 9.17) is 4.74 Å². The number of nitrogens with zero attached hydrogens (tertiary/aromatic N) is 4. The molecule has 2 heterocycles. The highest BCUT2D eigenvalue weighted by molar-refractivity contribution is 5.44. The Morgan fingerprint density at radius 3 is 2.38 bits per heavy atom. The molecule has 0 atom stereocenters. The van der Waals surface area contributed by atoms with Crippen molar-refractivity contribution in [2.45, 2.75) is 26.7 Å².